The molecule has 0 aliphatic carbocycles. The van der Waals surface area contributed by atoms with Crippen molar-refractivity contribution in [2.24, 2.45) is 0 Å². The van der Waals surface area contributed by atoms with E-state index in [2.05, 4.69) is 23.7 Å². The molecule has 19 heavy (non-hydrogen) atoms. The summed E-state index contributed by atoms with van der Waals surface area (Å²) in [5.74, 6) is 0. The van der Waals surface area contributed by atoms with E-state index in [9.17, 15) is 10.1 Å². The van der Waals surface area contributed by atoms with Gasteiger partial charge in [-0.25, -0.2) is 0 Å². The zero-order valence-corrected chi connectivity index (χ0v) is 11.7. The fourth-order valence-electron chi connectivity index (χ4n) is 1.93. The second-order valence-corrected chi connectivity index (χ2v) is 5.62. The van der Waals surface area contributed by atoms with Crippen LogP contribution in [0.5, 0.6) is 0 Å². The molecule has 2 rings (SSSR count). The van der Waals surface area contributed by atoms with Crippen LogP contribution in [0.2, 0.25) is 0 Å². The molecule has 1 N–H and O–H groups in total. The van der Waals surface area contributed by atoms with Crippen LogP contribution in [0.4, 0.5) is 11.4 Å². The molecule has 5 heteroatoms. The van der Waals surface area contributed by atoms with Crippen LogP contribution < -0.4 is 5.32 Å². The predicted octanol–water partition coefficient (Wildman–Crippen LogP) is 4.01. The summed E-state index contributed by atoms with van der Waals surface area (Å²) in [5, 5.41) is 16.2. The lowest BCUT2D eigenvalue weighted by atomic mass is 10.1. The smallest absolute Gasteiger partial charge is 0.271 e. The van der Waals surface area contributed by atoms with Gasteiger partial charge in [0.15, 0.2) is 0 Å². The summed E-state index contributed by atoms with van der Waals surface area (Å²) < 4.78 is 0. The number of aryl methyl sites for hydroxylation is 1. The number of nitro groups is 1. The molecule has 1 atom stereocenters. The minimum atomic E-state index is -0.367. The number of non-ortho nitro benzene ring substituents is 1. The number of nitro benzene ring substituents is 1. The summed E-state index contributed by atoms with van der Waals surface area (Å²) in [6, 6.07) is 9.27. The zero-order chi connectivity index (χ0) is 13.8. The van der Waals surface area contributed by atoms with Crippen LogP contribution in [0.3, 0.4) is 0 Å². The lowest BCUT2D eigenvalue weighted by Gasteiger charge is -2.16. The third-order valence-electron chi connectivity index (χ3n) is 2.92. The van der Waals surface area contributed by atoms with Crippen LogP contribution in [0, 0.1) is 17.0 Å². The van der Waals surface area contributed by atoms with Crippen LogP contribution in [-0.2, 0) is 6.42 Å². The Morgan fingerprint density at radius 3 is 2.84 bits per heavy atom. The first-order chi connectivity index (χ1) is 9.06. The van der Waals surface area contributed by atoms with Gasteiger partial charge in [0.2, 0.25) is 0 Å². The Balaban J connectivity index is 2.09. The van der Waals surface area contributed by atoms with Gasteiger partial charge in [0.1, 0.15) is 0 Å². The standard InChI is InChI=1S/C14H16N2O2S/c1-10-5-6-12(16(17)18)9-14(10)15-11(2)8-13-4-3-7-19-13/h3-7,9,11,15H,8H2,1-2H3. The average molecular weight is 276 g/mol. The summed E-state index contributed by atoms with van der Waals surface area (Å²) >= 11 is 1.73. The summed E-state index contributed by atoms with van der Waals surface area (Å²) in [5.41, 5.74) is 1.97. The van der Waals surface area contributed by atoms with E-state index >= 15 is 0 Å². The molecule has 2 aromatic rings. The van der Waals surface area contributed by atoms with Gasteiger partial charge >= 0.3 is 0 Å². The van der Waals surface area contributed by atoms with Gasteiger partial charge in [-0.15, -0.1) is 11.3 Å². The van der Waals surface area contributed by atoms with E-state index in [1.165, 1.54) is 10.9 Å². The highest BCUT2D eigenvalue weighted by Crippen LogP contribution is 2.23. The van der Waals surface area contributed by atoms with Gasteiger partial charge in [0, 0.05) is 35.2 Å². The first-order valence-corrected chi connectivity index (χ1v) is 6.98. The number of anilines is 1. The Bertz CT molecular complexity index is 567. The molecule has 4 nitrogen and oxygen atoms in total. The quantitative estimate of drug-likeness (QED) is 0.663. The maximum atomic E-state index is 10.8. The lowest BCUT2D eigenvalue weighted by molar-refractivity contribution is -0.384. The molecule has 0 bridgehead atoms. The minimum Gasteiger partial charge on any atom is -0.382 e. The Morgan fingerprint density at radius 1 is 1.42 bits per heavy atom. The Morgan fingerprint density at radius 2 is 2.21 bits per heavy atom. The molecule has 0 saturated carbocycles. The highest BCUT2D eigenvalue weighted by Gasteiger charge is 2.11. The van der Waals surface area contributed by atoms with E-state index in [1.807, 2.05) is 13.0 Å². The van der Waals surface area contributed by atoms with Gasteiger partial charge in [0.25, 0.3) is 5.69 Å². The molecule has 0 saturated heterocycles. The van der Waals surface area contributed by atoms with Crippen molar-refractivity contribution in [3.8, 4) is 0 Å². The second kappa shape index (κ2) is 5.84. The number of nitrogens with one attached hydrogen (secondary N) is 1. The number of hydrogen-bond acceptors (Lipinski definition) is 4. The summed E-state index contributed by atoms with van der Waals surface area (Å²) in [7, 11) is 0. The van der Waals surface area contributed by atoms with Crippen molar-refractivity contribution in [2.45, 2.75) is 26.3 Å². The summed E-state index contributed by atoms with van der Waals surface area (Å²) in [6.07, 6.45) is 0.916. The van der Waals surface area contributed by atoms with Gasteiger partial charge in [-0.2, -0.15) is 0 Å². The van der Waals surface area contributed by atoms with E-state index in [-0.39, 0.29) is 16.7 Å². The number of thiophene rings is 1. The van der Waals surface area contributed by atoms with Crippen LogP contribution in [0.1, 0.15) is 17.4 Å². The van der Waals surface area contributed by atoms with Crippen molar-refractivity contribution in [3.63, 3.8) is 0 Å². The second-order valence-electron chi connectivity index (χ2n) is 4.59. The topological polar surface area (TPSA) is 55.2 Å². The first-order valence-electron chi connectivity index (χ1n) is 6.10. The molecule has 0 aliphatic heterocycles. The van der Waals surface area contributed by atoms with Crippen molar-refractivity contribution in [2.75, 3.05) is 5.32 Å². The van der Waals surface area contributed by atoms with E-state index in [1.54, 1.807) is 23.5 Å². The van der Waals surface area contributed by atoms with Crippen LogP contribution in [0.25, 0.3) is 0 Å². The fourth-order valence-corrected chi connectivity index (χ4v) is 2.76. The molecule has 0 fully saturated rings. The zero-order valence-electron chi connectivity index (χ0n) is 10.9. The molecule has 0 aliphatic rings. The van der Waals surface area contributed by atoms with Gasteiger partial charge in [-0.05, 0) is 30.9 Å². The van der Waals surface area contributed by atoms with E-state index < -0.39 is 0 Å². The third-order valence-corrected chi connectivity index (χ3v) is 3.82. The van der Waals surface area contributed by atoms with Gasteiger partial charge in [-0.1, -0.05) is 12.1 Å². The number of benzene rings is 1. The van der Waals surface area contributed by atoms with Crippen LogP contribution in [-0.4, -0.2) is 11.0 Å². The third kappa shape index (κ3) is 3.54. The summed E-state index contributed by atoms with van der Waals surface area (Å²) in [6.45, 7) is 4.03. The van der Waals surface area contributed by atoms with Crippen molar-refractivity contribution in [1.29, 1.82) is 0 Å². The van der Waals surface area contributed by atoms with Gasteiger partial charge < -0.3 is 5.32 Å². The molecule has 0 spiro atoms. The molecular formula is C14H16N2O2S. The predicted molar refractivity (Wildman–Crippen MR) is 78.9 cm³/mol. The molecule has 0 amide bonds. The van der Waals surface area contributed by atoms with E-state index in [0.717, 1.165) is 17.7 Å². The Hall–Kier alpha value is -1.88. The van der Waals surface area contributed by atoms with Crippen molar-refractivity contribution in [1.82, 2.24) is 0 Å². The van der Waals surface area contributed by atoms with Gasteiger partial charge in [0.05, 0.1) is 4.92 Å². The normalized spacial score (nSPS) is 12.1. The highest BCUT2D eigenvalue weighted by atomic mass is 32.1. The molecule has 1 aromatic heterocycles. The van der Waals surface area contributed by atoms with Gasteiger partial charge in [-0.3, -0.25) is 10.1 Å². The molecule has 100 valence electrons. The number of hydrogen-bond donors (Lipinski definition) is 1. The lowest BCUT2D eigenvalue weighted by Crippen LogP contribution is -2.18. The number of nitrogens with zero attached hydrogens (tertiary/aromatic N) is 1. The molecule has 1 unspecified atom stereocenters. The van der Waals surface area contributed by atoms with Crippen LogP contribution in [0.15, 0.2) is 35.7 Å². The highest BCUT2D eigenvalue weighted by molar-refractivity contribution is 7.09. The van der Waals surface area contributed by atoms with Crippen molar-refractivity contribution in [3.05, 3.63) is 56.3 Å². The first kappa shape index (κ1) is 13.5. The maximum absolute atomic E-state index is 10.8. The SMILES string of the molecule is Cc1ccc([N+](=O)[O-])cc1NC(C)Cc1cccs1. The van der Waals surface area contributed by atoms with E-state index in [0.29, 0.717) is 0 Å². The number of rotatable bonds is 5. The Kier molecular flexibility index (Phi) is 4.16. The summed E-state index contributed by atoms with van der Waals surface area (Å²) in [4.78, 5) is 11.7. The fraction of sp³-hybridized carbons (Fsp3) is 0.286. The molecule has 0 radical (unpaired) electrons. The largest absolute Gasteiger partial charge is 0.382 e. The molecular weight excluding hydrogens is 260 g/mol. The maximum Gasteiger partial charge on any atom is 0.271 e. The van der Waals surface area contributed by atoms with Crippen LogP contribution >= 0.6 is 11.3 Å². The molecule has 1 heterocycles. The Labute approximate surface area is 116 Å². The minimum absolute atomic E-state index is 0.122. The van der Waals surface area contributed by atoms with E-state index in [4.69, 9.17) is 0 Å². The molecule has 1 aromatic carbocycles. The van der Waals surface area contributed by atoms with Crippen molar-refractivity contribution < 1.29 is 4.92 Å². The monoisotopic (exact) mass is 276 g/mol. The van der Waals surface area contributed by atoms with Crippen molar-refractivity contribution >= 4 is 22.7 Å². The average Bonchev–Trinajstić information content (AvgIpc) is 2.84.